The number of piperazine rings is 2. The Balaban J connectivity index is 1.91. The average molecular weight is 352 g/mol. The Morgan fingerprint density at radius 3 is 2.12 bits per heavy atom. The van der Waals surface area contributed by atoms with E-state index in [0.29, 0.717) is 13.1 Å². The van der Waals surface area contributed by atoms with E-state index in [0.717, 1.165) is 0 Å². The Hall–Kier alpha value is -1.80. The van der Waals surface area contributed by atoms with Gasteiger partial charge in [-0.1, -0.05) is 0 Å². The molecule has 4 atom stereocenters. The van der Waals surface area contributed by atoms with E-state index >= 15 is 0 Å². The summed E-state index contributed by atoms with van der Waals surface area (Å²) < 4.78 is 0. The number of hydrogen-bond acceptors (Lipinski definition) is 6. The van der Waals surface area contributed by atoms with Gasteiger partial charge in [0.15, 0.2) is 0 Å². The summed E-state index contributed by atoms with van der Waals surface area (Å²) in [6.45, 7) is 6.33. The molecule has 2 saturated heterocycles. The highest BCUT2D eigenvalue weighted by Crippen LogP contribution is 2.13. The highest BCUT2D eigenvalue weighted by molar-refractivity contribution is 5.87. The normalized spacial score (nSPS) is 31.4. The molecule has 0 saturated carbocycles. The van der Waals surface area contributed by atoms with Crippen LogP contribution in [0, 0.1) is 0 Å². The molecule has 25 heavy (non-hydrogen) atoms. The fourth-order valence-electron chi connectivity index (χ4n) is 3.39. The van der Waals surface area contributed by atoms with Gasteiger partial charge < -0.3 is 10.6 Å². The van der Waals surface area contributed by atoms with Crippen LogP contribution in [-0.4, -0.2) is 84.0 Å². The van der Waals surface area contributed by atoms with Crippen LogP contribution in [0.1, 0.15) is 33.6 Å². The van der Waals surface area contributed by atoms with Gasteiger partial charge in [-0.2, -0.15) is 0 Å². The molecule has 140 valence electrons. The van der Waals surface area contributed by atoms with Gasteiger partial charge in [-0.3, -0.25) is 29.0 Å². The molecule has 2 heterocycles. The maximum absolute atomic E-state index is 12.4. The Morgan fingerprint density at radius 1 is 1.00 bits per heavy atom. The maximum Gasteiger partial charge on any atom is 0.237 e. The summed E-state index contributed by atoms with van der Waals surface area (Å²) in [5.74, 6) is -0.242. The van der Waals surface area contributed by atoms with Gasteiger partial charge in [-0.05, 0) is 27.8 Å². The van der Waals surface area contributed by atoms with Crippen LogP contribution in [-0.2, 0) is 19.2 Å². The number of amides is 2. The predicted octanol–water partition coefficient (Wildman–Crippen LogP) is -1.07. The first-order valence-corrected chi connectivity index (χ1v) is 8.73. The molecule has 0 unspecified atom stereocenters. The third-order valence-corrected chi connectivity index (χ3v) is 5.01. The summed E-state index contributed by atoms with van der Waals surface area (Å²) in [6, 6.07) is -1.06. The minimum atomic E-state index is -0.407. The van der Waals surface area contributed by atoms with Crippen molar-refractivity contribution < 1.29 is 19.2 Å². The number of carbonyl (C=O) groups is 4. The molecule has 2 fully saturated rings. The number of nitrogens with one attached hydrogen (secondary N) is 2. The van der Waals surface area contributed by atoms with E-state index in [2.05, 4.69) is 10.6 Å². The van der Waals surface area contributed by atoms with Crippen LogP contribution in [0.25, 0.3) is 0 Å². The Morgan fingerprint density at radius 2 is 1.56 bits per heavy atom. The lowest BCUT2D eigenvalue weighted by molar-refractivity contribution is -0.132. The Bertz CT molecular complexity index is 565. The molecule has 2 rings (SSSR count). The lowest BCUT2D eigenvalue weighted by Gasteiger charge is -2.38. The molecule has 8 heteroatoms. The van der Waals surface area contributed by atoms with Crippen LogP contribution in [0.5, 0.6) is 0 Å². The number of carbonyl (C=O) groups excluding carboxylic acids is 4. The third-order valence-electron chi connectivity index (χ3n) is 5.01. The average Bonchev–Trinajstić information content (AvgIpc) is 2.49. The summed E-state index contributed by atoms with van der Waals surface area (Å²) in [7, 11) is 1.87. The molecule has 0 aromatic heterocycles. The second kappa shape index (κ2) is 8.05. The van der Waals surface area contributed by atoms with Crippen molar-refractivity contribution in [1.29, 1.82) is 0 Å². The van der Waals surface area contributed by atoms with Crippen molar-refractivity contribution >= 4 is 23.4 Å². The van der Waals surface area contributed by atoms with Crippen molar-refractivity contribution in [2.45, 2.75) is 57.8 Å². The lowest BCUT2D eigenvalue weighted by Crippen LogP contribution is -2.61. The Labute approximate surface area is 148 Å². The topological polar surface area (TPSA) is 98.8 Å². The summed E-state index contributed by atoms with van der Waals surface area (Å²) in [6.07, 6.45) is 0.509. The van der Waals surface area contributed by atoms with Crippen LogP contribution in [0.4, 0.5) is 0 Å². The lowest BCUT2D eigenvalue weighted by atomic mass is 10.0. The van der Waals surface area contributed by atoms with E-state index in [1.54, 1.807) is 6.92 Å². The van der Waals surface area contributed by atoms with Gasteiger partial charge in [0.25, 0.3) is 0 Å². The van der Waals surface area contributed by atoms with Gasteiger partial charge in [-0.15, -0.1) is 0 Å². The number of Topliss-reactive ketones (excluding diaryl/α,β-unsaturated/α-hetero) is 2. The smallest absolute Gasteiger partial charge is 0.237 e. The fraction of sp³-hybridized carbons (Fsp3) is 0.765. The minimum absolute atomic E-state index is 0.00760. The van der Waals surface area contributed by atoms with Crippen molar-refractivity contribution in [1.82, 2.24) is 20.4 Å². The van der Waals surface area contributed by atoms with Crippen LogP contribution >= 0.6 is 0 Å². The Kier molecular flexibility index (Phi) is 6.29. The van der Waals surface area contributed by atoms with Crippen molar-refractivity contribution in [3.05, 3.63) is 0 Å². The first-order chi connectivity index (χ1) is 11.7. The molecule has 2 aliphatic heterocycles. The molecule has 0 aromatic carbocycles. The highest BCUT2D eigenvalue weighted by Gasteiger charge is 2.34. The van der Waals surface area contributed by atoms with Gasteiger partial charge in [0.1, 0.15) is 11.6 Å². The van der Waals surface area contributed by atoms with Gasteiger partial charge in [0.05, 0.1) is 18.6 Å². The largest absolute Gasteiger partial charge is 0.350 e. The summed E-state index contributed by atoms with van der Waals surface area (Å²) in [4.78, 5) is 51.4. The first-order valence-electron chi connectivity index (χ1n) is 8.73. The van der Waals surface area contributed by atoms with Crippen LogP contribution in [0.2, 0.25) is 0 Å². The zero-order valence-electron chi connectivity index (χ0n) is 15.4. The maximum atomic E-state index is 12.4. The minimum Gasteiger partial charge on any atom is -0.350 e. The van der Waals surface area contributed by atoms with Gasteiger partial charge >= 0.3 is 0 Å². The number of nitrogens with zero attached hydrogens (tertiary/aromatic N) is 2. The van der Waals surface area contributed by atoms with E-state index in [4.69, 9.17) is 0 Å². The number of likely N-dealkylation sites (N-methyl/N-ethyl adjacent to an activating group) is 1. The molecule has 0 bridgehead atoms. The van der Waals surface area contributed by atoms with E-state index in [-0.39, 0.29) is 60.9 Å². The number of hydrogen-bond donors (Lipinski definition) is 2. The van der Waals surface area contributed by atoms with Crippen molar-refractivity contribution in [3.8, 4) is 0 Å². The fourth-order valence-corrected chi connectivity index (χ4v) is 3.39. The van der Waals surface area contributed by atoms with E-state index < -0.39 is 6.04 Å². The van der Waals surface area contributed by atoms with E-state index in [9.17, 15) is 19.2 Å². The van der Waals surface area contributed by atoms with Crippen molar-refractivity contribution in [3.63, 3.8) is 0 Å². The molecule has 0 spiro atoms. The van der Waals surface area contributed by atoms with Gasteiger partial charge in [0, 0.05) is 38.0 Å². The van der Waals surface area contributed by atoms with Crippen LogP contribution in [0.3, 0.4) is 0 Å². The zero-order valence-corrected chi connectivity index (χ0v) is 15.4. The molecule has 0 radical (unpaired) electrons. The van der Waals surface area contributed by atoms with Gasteiger partial charge in [-0.25, -0.2) is 0 Å². The van der Waals surface area contributed by atoms with E-state index in [1.165, 1.54) is 6.92 Å². The molecule has 2 aliphatic rings. The zero-order chi connectivity index (χ0) is 18.7. The third kappa shape index (κ3) is 5.09. The monoisotopic (exact) mass is 352 g/mol. The molecule has 0 aromatic rings. The SMILES string of the molecule is CC(=O)C[C@H]1CN(CC(=O)C[C@H]2CN(C)[C@@H](C)C(=O)N2)[C@@H](C)C(=O)N1. The molecule has 8 nitrogen and oxygen atoms in total. The molecule has 0 aliphatic carbocycles. The summed E-state index contributed by atoms with van der Waals surface area (Å²) in [5.41, 5.74) is 0. The van der Waals surface area contributed by atoms with Gasteiger partial charge in [0.2, 0.25) is 11.8 Å². The van der Waals surface area contributed by atoms with Crippen molar-refractivity contribution in [2.24, 2.45) is 0 Å². The van der Waals surface area contributed by atoms with Crippen LogP contribution < -0.4 is 10.6 Å². The second-order valence-corrected chi connectivity index (χ2v) is 7.28. The highest BCUT2D eigenvalue weighted by atomic mass is 16.2. The van der Waals surface area contributed by atoms with Crippen molar-refractivity contribution in [2.75, 3.05) is 26.7 Å². The summed E-state index contributed by atoms with van der Waals surface area (Å²) >= 11 is 0. The van der Waals surface area contributed by atoms with Crippen LogP contribution in [0.15, 0.2) is 0 Å². The second-order valence-electron chi connectivity index (χ2n) is 7.28. The first kappa shape index (κ1) is 19.5. The number of ketones is 2. The molecular formula is C17H28N4O4. The quantitative estimate of drug-likeness (QED) is 0.632. The number of rotatable bonds is 6. The molecular weight excluding hydrogens is 324 g/mol. The molecule has 2 amide bonds. The molecule has 2 N–H and O–H groups in total. The predicted molar refractivity (Wildman–Crippen MR) is 91.9 cm³/mol. The summed E-state index contributed by atoms with van der Waals surface area (Å²) in [5, 5.41) is 5.70. The van der Waals surface area contributed by atoms with E-state index in [1.807, 2.05) is 23.8 Å². The standard InChI is InChI=1S/C17H28N4O4/c1-10(22)5-13-8-21(12(3)17(25)18-13)9-15(23)6-14-7-20(4)11(2)16(24)19-14/h11-14H,5-9H2,1-4H3,(H,18,25)(H,19,24)/t11-,12-,13-,14-/m0/s1.